The molecule has 0 saturated carbocycles. The molecule has 0 unspecified atom stereocenters. The van der Waals surface area contributed by atoms with Crippen molar-refractivity contribution >= 4 is 29.3 Å². The number of amides is 2. The Morgan fingerprint density at radius 2 is 1.67 bits per heavy atom. The number of hydrogen-bond acceptors (Lipinski definition) is 3. The number of thioether (sulfide) groups is 1. The molecule has 0 aliphatic carbocycles. The van der Waals surface area contributed by atoms with Gasteiger partial charge in [-0.3, -0.25) is 9.59 Å². The Balaban J connectivity index is 1.95. The van der Waals surface area contributed by atoms with Gasteiger partial charge < -0.3 is 11.1 Å². The first-order valence-corrected chi connectivity index (χ1v) is 7.36. The summed E-state index contributed by atoms with van der Waals surface area (Å²) >= 11 is 1.49. The Bertz CT molecular complexity index is 626. The van der Waals surface area contributed by atoms with Gasteiger partial charge in [-0.2, -0.15) is 0 Å². The fourth-order valence-corrected chi connectivity index (χ4v) is 2.61. The van der Waals surface area contributed by atoms with Crippen molar-refractivity contribution in [2.24, 2.45) is 5.73 Å². The lowest BCUT2D eigenvalue weighted by Crippen LogP contribution is -2.22. The van der Waals surface area contributed by atoms with Crippen molar-refractivity contribution < 1.29 is 9.59 Å². The molecule has 0 aliphatic rings. The Morgan fingerprint density at radius 3 is 2.24 bits per heavy atom. The first kappa shape index (κ1) is 15.1. The van der Waals surface area contributed by atoms with Crippen LogP contribution in [-0.2, 0) is 4.79 Å². The minimum Gasteiger partial charge on any atom is -0.366 e. The number of nitrogens with two attached hydrogens (primary N) is 1. The molecule has 2 aromatic rings. The predicted octanol–water partition coefficient (Wildman–Crippen LogP) is 2.90. The summed E-state index contributed by atoms with van der Waals surface area (Å²) in [5, 5.41) is 2.60. The zero-order chi connectivity index (χ0) is 15.2. The summed E-state index contributed by atoms with van der Waals surface area (Å²) in [6.07, 6.45) is 0. The molecular weight excluding hydrogens is 284 g/mol. The maximum Gasteiger partial charge on any atom is 0.248 e. The highest BCUT2D eigenvalue weighted by Gasteiger charge is 2.14. The summed E-state index contributed by atoms with van der Waals surface area (Å²) in [7, 11) is 0. The van der Waals surface area contributed by atoms with Crippen LogP contribution in [0.3, 0.4) is 0 Å². The van der Waals surface area contributed by atoms with Gasteiger partial charge in [-0.15, -0.1) is 11.8 Å². The lowest BCUT2D eigenvalue weighted by atomic mass is 10.2. The highest BCUT2D eigenvalue weighted by atomic mass is 32.2. The summed E-state index contributed by atoms with van der Waals surface area (Å²) in [5.41, 5.74) is 6.23. The molecule has 0 bridgehead atoms. The molecule has 0 fully saturated rings. The zero-order valence-corrected chi connectivity index (χ0v) is 12.4. The van der Waals surface area contributed by atoms with E-state index < -0.39 is 5.91 Å². The monoisotopic (exact) mass is 300 g/mol. The zero-order valence-electron chi connectivity index (χ0n) is 11.6. The molecule has 3 N–H and O–H groups in total. The van der Waals surface area contributed by atoms with Crippen molar-refractivity contribution in [1.29, 1.82) is 0 Å². The van der Waals surface area contributed by atoms with Crippen LogP contribution in [0.4, 0.5) is 5.69 Å². The smallest absolute Gasteiger partial charge is 0.248 e. The predicted molar refractivity (Wildman–Crippen MR) is 85.4 cm³/mol. The largest absolute Gasteiger partial charge is 0.366 e. The lowest BCUT2D eigenvalue weighted by Gasteiger charge is -2.12. The fraction of sp³-hybridized carbons (Fsp3) is 0.125. The van der Waals surface area contributed by atoms with E-state index in [-0.39, 0.29) is 11.2 Å². The summed E-state index contributed by atoms with van der Waals surface area (Å²) in [5.74, 6) is -0.573. The number of carbonyl (C=O) groups excluding carboxylic acids is 2. The van der Waals surface area contributed by atoms with Crippen molar-refractivity contribution in [3.05, 3.63) is 60.2 Å². The van der Waals surface area contributed by atoms with Gasteiger partial charge in [0.15, 0.2) is 0 Å². The molecule has 0 radical (unpaired) electrons. The van der Waals surface area contributed by atoms with Gasteiger partial charge in [-0.25, -0.2) is 0 Å². The molecule has 0 heterocycles. The van der Waals surface area contributed by atoms with Gasteiger partial charge in [0, 0.05) is 16.1 Å². The number of carbonyl (C=O) groups is 2. The highest BCUT2D eigenvalue weighted by molar-refractivity contribution is 8.00. The van der Waals surface area contributed by atoms with E-state index in [1.807, 2.05) is 37.3 Å². The van der Waals surface area contributed by atoms with Gasteiger partial charge in [0.05, 0.1) is 5.25 Å². The van der Waals surface area contributed by atoms with Crippen LogP contribution < -0.4 is 11.1 Å². The van der Waals surface area contributed by atoms with E-state index in [1.165, 1.54) is 11.8 Å². The van der Waals surface area contributed by atoms with E-state index in [0.717, 1.165) is 4.90 Å². The minimum absolute atomic E-state index is 0.0873. The lowest BCUT2D eigenvalue weighted by molar-refractivity contribution is -0.115. The van der Waals surface area contributed by atoms with Crippen LogP contribution >= 0.6 is 11.8 Å². The van der Waals surface area contributed by atoms with E-state index in [2.05, 4.69) is 5.32 Å². The number of benzene rings is 2. The molecule has 2 aromatic carbocycles. The fourth-order valence-electron chi connectivity index (χ4n) is 1.72. The molecule has 5 heteroatoms. The maximum absolute atomic E-state index is 12.1. The number of primary amides is 1. The molecule has 0 aliphatic heterocycles. The van der Waals surface area contributed by atoms with Crippen molar-refractivity contribution in [2.75, 3.05) is 5.32 Å². The van der Waals surface area contributed by atoms with E-state index in [4.69, 9.17) is 5.73 Å². The van der Waals surface area contributed by atoms with Crippen LogP contribution in [0.25, 0.3) is 0 Å². The van der Waals surface area contributed by atoms with Crippen molar-refractivity contribution in [1.82, 2.24) is 0 Å². The Morgan fingerprint density at radius 1 is 1.05 bits per heavy atom. The second-order valence-electron chi connectivity index (χ2n) is 4.50. The van der Waals surface area contributed by atoms with Gasteiger partial charge in [0.1, 0.15) is 0 Å². The molecule has 21 heavy (non-hydrogen) atoms. The van der Waals surface area contributed by atoms with E-state index in [0.29, 0.717) is 11.3 Å². The quantitative estimate of drug-likeness (QED) is 0.834. The highest BCUT2D eigenvalue weighted by Crippen LogP contribution is 2.23. The molecule has 0 saturated heterocycles. The number of nitrogens with one attached hydrogen (secondary N) is 1. The Labute approximate surface area is 127 Å². The standard InChI is InChI=1S/C16H16N2O2S/c1-11(21-14-5-3-2-4-6-14)16(20)18-13-9-7-12(8-10-13)15(17)19/h2-11H,1H3,(H2,17,19)(H,18,20)/t11-/m0/s1. The first-order valence-electron chi connectivity index (χ1n) is 6.48. The van der Waals surface area contributed by atoms with Crippen LogP contribution in [0.2, 0.25) is 0 Å². The van der Waals surface area contributed by atoms with Crippen LogP contribution in [0.5, 0.6) is 0 Å². The topological polar surface area (TPSA) is 72.2 Å². The van der Waals surface area contributed by atoms with E-state index in [1.54, 1.807) is 24.3 Å². The average molecular weight is 300 g/mol. The van der Waals surface area contributed by atoms with E-state index in [9.17, 15) is 9.59 Å². The van der Waals surface area contributed by atoms with Gasteiger partial charge >= 0.3 is 0 Å². The summed E-state index contributed by atoms with van der Waals surface area (Å²) in [6, 6.07) is 16.3. The summed E-state index contributed by atoms with van der Waals surface area (Å²) in [6.45, 7) is 1.85. The van der Waals surface area contributed by atoms with Crippen LogP contribution in [0.15, 0.2) is 59.5 Å². The second kappa shape index (κ2) is 6.95. The molecule has 2 amide bonds. The van der Waals surface area contributed by atoms with Gasteiger partial charge in [0.2, 0.25) is 11.8 Å². The second-order valence-corrected chi connectivity index (χ2v) is 5.92. The van der Waals surface area contributed by atoms with Crippen LogP contribution in [0, 0.1) is 0 Å². The normalized spacial score (nSPS) is 11.7. The van der Waals surface area contributed by atoms with Gasteiger partial charge in [0.25, 0.3) is 0 Å². The molecule has 0 aromatic heterocycles. The van der Waals surface area contributed by atoms with Crippen molar-refractivity contribution in [3.8, 4) is 0 Å². The Kier molecular flexibility index (Phi) is 5.00. The SMILES string of the molecule is C[C@H](Sc1ccccc1)C(=O)Nc1ccc(C(N)=O)cc1. The third kappa shape index (κ3) is 4.36. The minimum atomic E-state index is -0.485. The Hall–Kier alpha value is -2.27. The molecule has 4 nitrogen and oxygen atoms in total. The number of hydrogen-bond donors (Lipinski definition) is 2. The number of rotatable bonds is 5. The van der Waals surface area contributed by atoms with Crippen molar-refractivity contribution in [3.63, 3.8) is 0 Å². The molecule has 1 atom stereocenters. The maximum atomic E-state index is 12.1. The average Bonchev–Trinajstić information content (AvgIpc) is 2.48. The molecule has 0 spiro atoms. The molecular formula is C16H16N2O2S. The number of anilines is 1. The van der Waals surface area contributed by atoms with E-state index >= 15 is 0 Å². The van der Waals surface area contributed by atoms with Gasteiger partial charge in [-0.1, -0.05) is 18.2 Å². The first-order chi connectivity index (χ1) is 10.1. The molecule has 108 valence electrons. The van der Waals surface area contributed by atoms with Crippen LogP contribution in [0.1, 0.15) is 17.3 Å². The third-order valence-electron chi connectivity index (χ3n) is 2.86. The summed E-state index contributed by atoms with van der Waals surface area (Å²) in [4.78, 5) is 24.1. The molecule has 2 rings (SSSR count). The van der Waals surface area contributed by atoms with Crippen LogP contribution in [-0.4, -0.2) is 17.1 Å². The summed E-state index contributed by atoms with van der Waals surface area (Å²) < 4.78 is 0. The van der Waals surface area contributed by atoms with Crippen molar-refractivity contribution in [2.45, 2.75) is 17.1 Å². The van der Waals surface area contributed by atoms with Gasteiger partial charge in [-0.05, 0) is 43.3 Å². The third-order valence-corrected chi connectivity index (χ3v) is 3.97.